The average Bonchev–Trinajstić information content (AvgIpc) is 2.61. The van der Waals surface area contributed by atoms with E-state index in [1.807, 2.05) is 62.4 Å². The van der Waals surface area contributed by atoms with Gasteiger partial charge in [-0.3, -0.25) is 10.1 Å². The lowest BCUT2D eigenvalue weighted by atomic mass is 10.1. The molecule has 0 aliphatic carbocycles. The SMILES string of the molecule is Cc1ccc(CNc2ncnc(Nc3cccc(C)c3)c2[N+](=O)[O-])cc1. The summed E-state index contributed by atoms with van der Waals surface area (Å²) in [6.45, 7) is 4.39. The lowest BCUT2D eigenvalue weighted by molar-refractivity contribution is -0.383. The summed E-state index contributed by atoms with van der Waals surface area (Å²) in [5, 5.41) is 17.6. The Morgan fingerprint density at radius 3 is 2.42 bits per heavy atom. The molecule has 0 fully saturated rings. The Labute approximate surface area is 151 Å². The molecule has 0 saturated heterocycles. The van der Waals surface area contributed by atoms with Crippen LogP contribution in [0.25, 0.3) is 0 Å². The summed E-state index contributed by atoms with van der Waals surface area (Å²) >= 11 is 0. The highest BCUT2D eigenvalue weighted by Gasteiger charge is 2.23. The fourth-order valence-corrected chi connectivity index (χ4v) is 2.52. The highest BCUT2D eigenvalue weighted by Crippen LogP contribution is 2.31. The Morgan fingerprint density at radius 1 is 1.00 bits per heavy atom. The van der Waals surface area contributed by atoms with Crippen molar-refractivity contribution in [2.45, 2.75) is 20.4 Å². The first kappa shape index (κ1) is 17.3. The largest absolute Gasteiger partial charge is 0.360 e. The number of nitrogens with zero attached hydrogens (tertiary/aromatic N) is 3. The zero-order valence-corrected chi connectivity index (χ0v) is 14.6. The third kappa shape index (κ3) is 4.13. The average molecular weight is 349 g/mol. The van der Waals surface area contributed by atoms with E-state index in [9.17, 15) is 10.1 Å². The molecule has 7 heteroatoms. The molecule has 1 aromatic heterocycles. The molecule has 0 atom stereocenters. The van der Waals surface area contributed by atoms with Crippen molar-refractivity contribution in [1.82, 2.24) is 9.97 Å². The summed E-state index contributed by atoms with van der Waals surface area (Å²) in [6.07, 6.45) is 1.31. The van der Waals surface area contributed by atoms with Crippen LogP contribution in [0.1, 0.15) is 16.7 Å². The van der Waals surface area contributed by atoms with Crippen LogP contribution in [0.3, 0.4) is 0 Å². The predicted molar refractivity (Wildman–Crippen MR) is 102 cm³/mol. The van der Waals surface area contributed by atoms with Crippen LogP contribution in [0.5, 0.6) is 0 Å². The molecule has 0 saturated carbocycles. The van der Waals surface area contributed by atoms with Gasteiger partial charge in [-0.2, -0.15) is 0 Å². The third-order valence-electron chi connectivity index (χ3n) is 3.87. The number of aromatic nitrogens is 2. The summed E-state index contributed by atoms with van der Waals surface area (Å²) < 4.78 is 0. The molecule has 0 bridgehead atoms. The summed E-state index contributed by atoms with van der Waals surface area (Å²) in [5.74, 6) is 0.336. The van der Waals surface area contributed by atoms with Crippen molar-refractivity contribution in [3.8, 4) is 0 Å². The van der Waals surface area contributed by atoms with Crippen molar-refractivity contribution in [2.24, 2.45) is 0 Å². The molecule has 0 aliphatic heterocycles. The second kappa shape index (κ2) is 7.60. The van der Waals surface area contributed by atoms with Gasteiger partial charge in [0.1, 0.15) is 6.33 Å². The predicted octanol–water partition coefficient (Wildman–Crippen LogP) is 4.36. The standard InChI is InChI=1S/C19H19N5O2/c1-13-6-8-15(9-7-13)11-20-18-17(24(25)26)19(22-12-21-18)23-16-5-3-4-14(2)10-16/h3-10,12H,11H2,1-2H3,(H2,20,21,22,23). The minimum absolute atomic E-state index is 0.155. The number of nitro groups is 1. The van der Waals surface area contributed by atoms with E-state index in [4.69, 9.17) is 0 Å². The van der Waals surface area contributed by atoms with Gasteiger partial charge in [-0.1, -0.05) is 42.0 Å². The number of benzene rings is 2. The maximum Gasteiger partial charge on any atom is 0.353 e. The minimum Gasteiger partial charge on any atom is -0.360 e. The Balaban J connectivity index is 1.85. The normalized spacial score (nSPS) is 10.4. The van der Waals surface area contributed by atoms with Crippen molar-refractivity contribution >= 4 is 23.0 Å². The number of aryl methyl sites for hydroxylation is 2. The molecule has 132 valence electrons. The van der Waals surface area contributed by atoms with Gasteiger partial charge >= 0.3 is 5.69 Å². The molecule has 7 nitrogen and oxygen atoms in total. The van der Waals surface area contributed by atoms with E-state index >= 15 is 0 Å². The molecule has 0 amide bonds. The van der Waals surface area contributed by atoms with Crippen LogP contribution >= 0.6 is 0 Å². The van der Waals surface area contributed by atoms with Gasteiger partial charge in [-0.05, 0) is 37.1 Å². The van der Waals surface area contributed by atoms with Crippen molar-refractivity contribution in [3.05, 3.63) is 81.7 Å². The highest BCUT2D eigenvalue weighted by molar-refractivity contribution is 5.73. The molecular formula is C19H19N5O2. The van der Waals surface area contributed by atoms with E-state index in [1.165, 1.54) is 6.33 Å². The van der Waals surface area contributed by atoms with Crippen LogP contribution in [0.15, 0.2) is 54.9 Å². The third-order valence-corrected chi connectivity index (χ3v) is 3.87. The molecule has 1 heterocycles. The Kier molecular flexibility index (Phi) is 5.07. The molecule has 26 heavy (non-hydrogen) atoms. The van der Waals surface area contributed by atoms with E-state index < -0.39 is 4.92 Å². The van der Waals surface area contributed by atoms with Crippen LogP contribution in [0, 0.1) is 24.0 Å². The van der Waals surface area contributed by atoms with E-state index in [0.717, 1.165) is 22.4 Å². The van der Waals surface area contributed by atoms with Crippen LogP contribution in [0.4, 0.5) is 23.0 Å². The van der Waals surface area contributed by atoms with Gasteiger partial charge in [0, 0.05) is 12.2 Å². The number of anilines is 3. The Bertz CT molecular complexity index is 925. The summed E-state index contributed by atoms with van der Waals surface area (Å²) in [6, 6.07) is 15.5. The lowest BCUT2D eigenvalue weighted by Crippen LogP contribution is -2.08. The van der Waals surface area contributed by atoms with Crippen LogP contribution in [-0.4, -0.2) is 14.9 Å². The number of rotatable bonds is 6. The van der Waals surface area contributed by atoms with Gasteiger partial charge in [0.25, 0.3) is 0 Å². The maximum atomic E-state index is 11.6. The van der Waals surface area contributed by atoms with Crippen molar-refractivity contribution in [1.29, 1.82) is 0 Å². The van der Waals surface area contributed by atoms with Crippen LogP contribution in [-0.2, 0) is 6.54 Å². The molecule has 0 spiro atoms. The summed E-state index contributed by atoms with van der Waals surface area (Å²) in [5.41, 5.74) is 3.77. The van der Waals surface area contributed by atoms with Crippen molar-refractivity contribution in [2.75, 3.05) is 10.6 Å². The van der Waals surface area contributed by atoms with Crippen molar-refractivity contribution < 1.29 is 4.92 Å². The molecular weight excluding hydrogens is 330 g/mol. The lowest BCUT2D eigenvalue weighted by Gasteiger charge is -2.10. The van der Waals surface area contributed by atoms with Gasteiger partial charge in [0.15, 0.2) is 0 Å². The van der Waals surface area contributed by atoms with Crippen LogP contribution < -0.4 is 10.6 Å². The fraction of sp³-hybridized carbons (Fsp3) is 0.158. The highest BCUT2D eigenvalue weighted by atomic mass is 16.6. The van der Waals surface area contributed by atoms with Crippen LogP contribution in [0.2, 0.25) is 0 Å². The second-order valence-electron chi connectivity index (χ2n) is 6.01. The minimum atomic E-state index is -0.477. The van der Waals surface area contributed by atoms with Gasteiger partial charge in [-0.25, -0.2) is 9.97 Å². The van der Waals surface area contributed by atoms with Gasteiger partial charge in [-0.15, -0.1) is 0 Å². The Morgan fingerprint density at radius 2 is 1.73 bits per heavy atom. The number of nitrogens with one attached hydrogen (secondary N) is 2. The zero-order valence-electron chi connectivity index (χ0n) is 14.6. The molecule has 0 aliphatic rings. The van der Waals surface area contributed by atoms with E-state index in [1.54, 1.807) is 0 Å². The molecule has 2 N–H and O–H groups in total. The zero-order chi connectivity index (χ0) is 18.5. The molecule has 0 radical (unpaired) electrons. The summed E-state index contributed by atoms with van der Waals surface area (Å²) in [4.78, 5) is 19.2. The molecule has 3 aromatic rings. The first-order chi connectivity index (χ1) is 12.5. The van der Waals surface area contributed by atoms with Crippen molar-refractivity contribution in [3.63, 3.8) is 0 Å². The van der Waals surface area contributed by atoms with Gasteiger partial charge in [0.2, 0.25) is 11.6 Å². The first-order valence-electron chi connectivity index (χ1n) is 8.15. The maximum absolute atomic E-state index is 11.6. The molecule has 2 aromatic carbocycles. The Hall–Kier alpha value is -3.48. The van der Waals surface area contributed by atoms with E-state index in [2.05, 4.69) is 20.6 Å². The topological polar surface area (TPSA) is 93.0 Å². The second-order valence-corrected chi connectivity index (χ2v) is 6.01. The van der Waals surface area contributed by atoms with E-state index in [0.29, 0.717) is 6.54 Å². The van der Waals surface area contributed by atoms with Gasteiger partial charge in [0.05, 0.1) is 4.92 Å². The summed E-state index contributed by atoms with van der Waals surface area (Å²) in [7, 11) is 0. The number of hydrogen-bond donors (Lipinski definition) is 2. The smallest absolute Gasteiger partial charge is 0.353 e. The quantitative estimate of drug-likeness (QED) is 0.507. The van der Waals surface area contributed by atoms with Gasteiger partial charge < -0.3 is 10.6 Å². The molecule has 3 rings (SSSR count). The first-order valence-corrected chi connectivity index (χ1v) is 8.15. The molecule has 0 unspecified atom stereocenters. The monoisotopic (exact) mass is 349 g/mol. The fourth-order valence-electron chi connectivity index (χ4n) is 2.52. The van der Waals surface area contributed by atoms with E-state index in [-0.39, 0.29) is 17.3 Å². The number of hydrogen-bond acceptors (Lipinski definition) is 6.